The van der Waals surface area contributed by atoms with Gasteiger partial charge < -0.3 is 18.9 Å². The van der Waals surface area contributed by atoms with Gasteiger partial charge in [-0.05, 0) is 109 Å². The Labute approximate surface area is 366 Å². The summed E-state index contributed by atoms with van der Waals surface area (Å²) < 4.78 is 9.92. The number of fused-ring (bicyclic) bond motifs is 14. The van der Waals surface area contributed by atoms with Crippen molar-refractivity contribution in [1.82, 2.24) is 4.40 Å². The Kier molecular flexibility index (Phi) is 7.04. The molecule has 0 spiro atoms. The Morgan fingerprint density at radius 3 is 1.78 bits per heavy atom. The molecule has 6 heteroatoms. The van der Waals surface area contributed by atoms with Crippen molar-refractivity contribution in [1.29, 1.82) is 0 Å². The lowest BCUT2D eigenvalue weighted by atomic mass is 9.31. The van der Waals surface area contributed by atoms with E-state index in [-0.39, 0.29) is 13.4 Å². The number of hydrogen-bond acceptors (Lipinski definition) is 3. The van der Waals surface area contributed by atoms with Crippen LogP contribution in [0.1, 0.15) is 16.7 Å². The van der Waals surface area contributed by atoms with E-state index >= 15 is 0 Å². The fourth-order valence-electron chi connectivity index (χ4n) is 12.1. The monoisotopic (exact) mass is 803 g/mol. The van der Waals surface area contributed by atoms with Crippen molar-refractivity contribution in [2.75, 3.05) is 9.80 Å². The van der Waals surface area contributed by atoms with E-state index in [1.165, 1.54) is 98.9 Å². The molecule has 294 valence electrons. The zero-order chi connectivity index (χ0) is 41.7. The first-order valence-corrected chi connectivity index (χ1v) is 22.1. The molecule has 3 aliphatic rings. The van der Waals surface area contributed by atoms with Gasteiger partial charge in [0.1, 0.15) is 11.5 Å². The quantitative estimate of drug-likeness (QED) is 0.166. The Bertz CT molecular complexity index is 3710. The number of anilines is 6. The van der Waals surface area contributed by atoms with Crippen LogP contribution >= 0.6 is 0 Å². The van der Waals surface area contributed by atoms with Gasteiger partial charge >= 0.3 is 0 Å². The summed E-state index contributed by atoms with van der Waals surface area (Å²) in [5.41, 5.74) is 22.2. The van der Waals surface area contributed by atoms with Gasteiger partial charge in [-0.25, -0.2) is 0 Å². The van der Waals surface area contributed by atoms with Gasteiger partial charge in [0, 0.05) is 50.0 Å². The Balaban J connectivity index is 1.16. The molecule has 63 heavy (non-hydrogen) atoms. The van der Waals surface area contributed by atoms with Gasteiger partial charge in [0.25, 0.3) is 13.4 Å². The smallest absolute Gasteiger partial charge is 0.253 e. The maximum Gasteiger partial charge on any atom is 0.253 e. The van der Waals surface area contributed by atoms with Crippen LogP contribution in [-0.2, 0) is 0 Å². The van der Waals surface area contributed by atoms with Crippen LogP contribution in [0.5, 0.6) is 11.5 Å². The molecule has 0 bridgehead atoms. The fourth-order valence-corrected chi connectivity index (χ4v) is 12.1. The molecule has 4 nitrogen and oxygen atoms in total. The topological polar surface area (TPSA) is 20.1 Å². The molecule has 5 heterocycles. The van der Waals surface area contributed by atoms with Crippen LogP contribution < -0.4 is 47.3 Å². The standard InChI is InChI=1S/C57H39B2N3O/c1-34-31-35(2)52(36(3)32-34)58-42-23-12-15-28-50(42)63-57-44(58)30-29-43-56(57)61(38-19-8-5-9-20-38)48-27-16-26-47-53(48)59(43)54-49(60(47)37-17-6-4-7-18-37)33-41-39-21-10-13-24-45(39)62-46-25-14-11-22-40(46)51(54)55(41)62/h4-33H,1-3H3. The summed E-state index contributed by atoms with van der Waals surface area (Å²) in [5.74, 6) is 1.84. The summed E-state index contributed by atoms with van der Waals surface area (Å²) in [6.45, 7) is 6.64. The second-order valence-corrected chi connectivity index (χ2v) is 17.7. The molecule has 0 amide bonds. The SMILES string of the molecule is Cc1cc(C)c(B2c3ccccc3Oc3c2ccc2c3N(c3ccccc3)c3cccc4c3B2c2c(cc3c5ccccc5n5c6ccccc6c2c35)N4c2ccccc2)c(C)c1. The minimum atomic E-state index is -0.106. The van der Waals surface area contributed by atoms with Crippen molar-refractivity contribution >= 4 is 118 Å². The predicted octanol–water partition coefficient (Wildman–Crippen LogP) is 10.5. The highest BCUT2D eigenvalue weighted by molar-refractivity contribution is 7.02. The van der Waals surface area contributed by atoms with Gasteiger partial charge in [-0.3, -0.25) is 0 Å². The van der Waals surface area contributed by atoms with E-state index in [1.807, 2.05) is 0 Å². The number of rotatable bonds is 3. The molecule has 0 N–H and O–H groups in total. The first-order valence-electron chi connectivity index (χ1n) is 22.1. The molecule has 9 aromatic carbocycles. The lowest BCUT2D eigenvalue weighted by Gasteiger charge is -2.45. The van der Waals surface area contributed by atoms with E-state index in [1.54, 1.807) is 0 Å². The summed E-state index contributed by atoms with van der Waals surface area (Å²) in [7, 11) is 0. The van der Waals surface area contributed by atoms with Gasteiger partial charge in [0.15, 0.2) is 0 Å². The number of ether oxygens (including phenoxy) is 1. The van der Waals surface area contributed by atoms with Crippen LogP contribution in [0.15, 0.2) is 182 Å². The van der Waals surface area contributed by atoms with Gasteiger partial charge in [-0.15, -0.1) is 0 Å². The Hall–Kier alpha value is -7.69. The minimum absolute atomic E-state index is 0.00623. The second kappa shape index (κ2) is 12.7. The van der Waals surface area contributed by atoms with Crippen LogP contribution in [0.25, 0.3) is 38.1 Å². The van der Waals surface area contributed by atoms with Gasteiger partial charge in [-0.2, -0.15) is 0 Å². The molecule has 0 atom stereocenters. The molecule has 0 unspecified atom stereocenters. The third-order valence-corrected chi connectivity index (χ3v) is 14.3. The number of aromatic nitrogens is 1. The third-order valence-electron chi connectivity index (χ3n) is 14.3. The average Bonchev–Trinajstić information content (AvgIpc) is 3.83. The van der Waals surface area contributed by atoms with Crippen LogP contribution in [0.2, 0.25) is 0 Å². The zero-order valence-electron chi connectivity index (χ0n) is 35.2. The number of nitrogens with zero attached hydrogens (tertiary/aromatic N) is 3. The molecule has 3 aliphatic heterocycles. The lowest BCUT2D eigenvalue weighted by molar-refractivity contribution is 0.489. The number of para-hydroxylation sites is 5. The molecule has 0 fully saturated rings. The highest BCUT2D eigenvalue weighted by atomic mass is 16.5. The van der Waals surface area contributed by atoms with Gasteiger partial charge in [0.05, 0.1) is 22.2 Å². The van der Waals surface area contributed by atoms with Crippen molar-refractivity contribution in [2.24, 2.45) is 0 Å². The molecule has 0 aliphatic carbocycles. The van der Waals surface area contributed by atoms with Crippen LogP contribution in [0.4, 0.5) is 34.1 Å². The van der Waals surface area contributed by atoms with Crippen molar-refractivity contribution in [2.45, 2.75) is 20.8 Å². The Morgan fingerprint density at radius 1 is 0.429 bits per heavy atom. The van der Waals surface area contributed by atoms with Crippen molar-refractivity contribution in [3.05, 3.63) is 199 Å². The van der Waals surface area contributed by atoms with Crippen molar-refractivity contribution in [3.63, 3.8) is 0 Å². The van der Waals surface area contributed by atoms with Crippen LogP contribution in [-0.4, -0.2) is 17.8 Å². The maximum absolute atomic E-state index is 7.39. The summed E-state index contributed by atoms with van der Waals surface area (Å²) in [4.78, 5) is 5.03. The number of benzene rings is 9. The molecule has 2 aromatic heterocycles. The largest absolute Gasteiger partial charge is 0.456 e. The van der Waals surface area contributed by atoms with Gasteiger partial charge in [0.2, 0.25) is 0 Å². The number of hydrogen-bond donors (Lipinski definition) is 0. The Morgan fingerprint density at radius 2 is 1.03 bits per heavy atom. The van der Waals surface area contributed by atoms with E-state index in [0.29, 0.717) is 0 Å². The zero-order valence-corrected chi connectivity index (χ0v) is 35.2. The third kappa shape index (κ3) is 4.57. The molecular formula is C57H39B2N3O. The van der Waals surface area contributed by atoms with E-state index in [9.17, 15) is 0 Å². The van der Waals surface area contributed by atoms with Crippen molar-refractivity contribution < 1.29 is 4.74 Å². The first kappa shape index (κ1) is 35.0. The summed E-state index contributed by atoms with van der Waals surface area (Å²) in [6.07, 6.45) is 0. The van der Waals surface area contributed by atoms with Crippen LogP contribution in [0, 0.1) is 20.8 Å². The summed E-state index contributed by atoms with van der Waals surface area (Å²) >= 11 is 0. The molecule has 11 aromatic rings. The molecule has 14 rings (SSSR count). The lowest BCUT2D eigenvalue weighted by Crippen LogP contribution is -2.63. The minimum Gasteiger partial charge on any atom is -0.456 e. The average molecular weight is 804 g/mol. The molecule has 0 radical (unpaired) electrons. The maximum atomic E-state index is 7.39. The molecular weight excluding hydrogens is 764 g/mol. The summed E-state index contributed by atoms with van der Waals surface area (Å²) in [5, 5.41) is 5.13. The van der Waals surface area contributed by atoms with Crippen LogP contribution in [0.3, 0.4) is 0 Å². The second-order valence-electron chi connectivity index (χ2n) is 17.7. The van der Waals surface area contributed by atoms with E-state index in [0.717, 1.165) is 34.2 Å². The molecule has 0 saturated heterocycles. The van der Waals surface area contributed by atoms with E-state index < -0.39 is 0 Å². The first-order chi connectivity index (χ1) is 31.0. The number of aryl methyl sites for hydroxylation is 3. The fraction of sp³-hybridized carbons (Fsp3) is 0.0526. The van der Waals surface area contributed by atoms with E-state index in [4.69, 9.17) is 4.74 Å². The van der Waals surface area contributed by atoms with E-state index in [2.05, 4.69) is 217 Å². The normalized spacial score (nSPS) is 13.6. The highest BCUT2D eigenvalue weighted by Gasteiger charge is 2.48. The highest BCUT2D eigenvalue weighted by Crippen LogP contribution is 2.50. The predicted molar refractivity (Wildman–Crippen MR) is 267 cm³/mol. The molecule has 0 saturated carbocycles. The van der Waals surface area contributed by atoms with Gasteiger partial charge in [-0.1, -0.05) is 143 Å². The van der Waals surface area contributed by atoms with Crippen molar-refractivity contribution in [3.8, 4) is 11.5 Å². The summed E-state index contributed by atoms with van der Waals surface area (Å²) in [6, 6.07) is 67.5.